The topological polar surface area (TPSA) is 76.8 Å². The highest BCUT2D eigenvalue weighted by Crippen LogP contribution is 2.39. The number of rotatable bonds is 6. The lowest BCUT2D eigenvalue weighted by atomic mass is 9.97. The second kappa shape index (κ2) is 9.03. The number of benzene rings is 3. The molecule has 178 valence electrons. The van der Waals surface area contributed by atoms with Gasteiger partial charge in [0.1, 0.15) is 5.75 Å². The van der Waals surface area contributed by atoms with Gasteiger partial charge in [-0.1, -0.05) is 48.0 Å². The Morgan fingerprint density at radius 3 is 2.20 bits per heavy atom. The van der Waals surface area contributed by atoms with Crippen molar-refractivity contribution < 1.29 is 13.2 Å². The Bertz CT molecular complexity index is 1480. The Balaban J connectivity index is 1.63. The maximum Gasteiger partial charge on any atom is 0.247 e. The molecule has 2 heterocycles. The molecule has 3 aromatic carbocycles. The number of hydrogen-bond donors (Lipinski definition) is 0. The quantitative estimate of drug-likeness (QED) is 0.386. The average Bonchev–Trinajstić information content (AvgIpc) is 3.50. The lowest BCUT2D eigenvalue weighted by Gasteiger charge is -2.21. The second-order valence-corrected chi connectivity index (χ2v) is 10.5. The summed E-state index contributed by atoms with van der Waals surface area (Å²) < 4.78 is 34.0. The smallest absolute Gasteiger partial charge is 0.247 e. The molecule has 7 nitrogen and oxygen atoms in total. The highest BCUT2D eigenvalue weighted by atomic mass is 32.2. The largest absolute Gasteiger partial charge is 0.497 e. The molecule has 1 aliphatic rings. The summed E-state index contributed by atoms with van der Waals surface area (Å²) in [5, 5.41) is 9.45. The van der Waals surface area contributed by atoms with Crippen LogP contribution in [0.2, 0.25) is 0 Å². The van der Waals surface area contributed by atoms with E-state index in [0.29, 0.717) is 12.1 Å². The second-order valence-electron chi connectivity index (χ2n) is 8.61. The lowest BCUT2D eigenvalue weighted by Crippen LogP contribution is -2.26. The van der Waals surface area contributed by atoms with Crippen LogP contribution >= 0.6 is 0 Å². The first-order valence-corrected chi connectivity index (χ1v) is 13.1. The van der Waals surface area contributed by atoms with Crippen molar-refractivity contribution in [1.29, 1.82) is 0 Å². The number of para-hydroxylation sites is 1. The zero-order chi connectivity index (χ0) is 24.6. The minimum Gasteiger partial charge on any atom is -0.497 e. The van der Waals surface area contributed by atoms with Crippen LogP contribution in [-0.2, 0) is 10.0 Å². The molecule has 0 amide bonds. The van der Waals surface area contributed by atoms with Gasteiger partial charge in [0.15, 0.2) is 0 Å². The third-order valence-electron chi connectivity index (χ3n) is 6.08. The Labute approximate surface area is 205 Å². The van der Waals surface area contributed by atoms with Crippen LogP contribution in [0.5, 0.6) is 5.75 Å². The number of ether oxygens (including phenoxy) is 1. The van der Waals surface area contributed by atoms with E-state index in [-0.39, 0.29) is 0 Å². The Kier molecular flexibility index (Phi) is 5.90. The van der Waals surface area contributed by atoms with Crippen molar-refractivity contribution in [3.8, 4) is 22.7 Å². The Morgan fingerprint density at radius 2 is 1.57 bits per heavy atom. The number of hydrazone groups is 1. The standard InChI is InChI=1S/C27H26N4O3S/c1-19-9-11-20(12-10-19)25-17-26(31(28-25)35(3,32)33)24-18-30(22-7-5-4-6-8-22)29-27(24)21-13-15-23(34-2)16-14-21/h4-16,18,26H,17H2,1-3H3/t26-/m0/s1. The maximum absolute atomic E-state index is 12.8. The van der Waals surface area contributed by atoms with Crippen LogP contribution in [0, 0.1) is 6.92 Å². The Morgan fingerprint density at radius 1 is 0.914 bits per heavy atom. The molecular formula is C27H26N4O3S. The highest BCUT2D eigenvalue weighted by Gasteiger charge is 2.37. The molecule has 0 radical (unpaired) electrons. The molecule has 0 spiro atoms. The number of hydrogen-bond acceptors (Lipinski definition) is 5. The number of methoxy groups -OCH3 is 1. The fraction of sp³-hybridized carbons (Fsp3) is 0.185. The maximum atomic E-state index is 12.8. The molecule has 4 aromatic rings. The lowest BCUT2D eigenvalue weighted by molar-refractivity contribution is 0.375. The molecule has 0 bridgehead atoms. The summed E-state index contributed by atoms with van der Waals surface area (Å²) in [5.41, 5.74) is 6.02. The van der Waals surface area contributed by atoms with E-state index in [9.17, 15) is 8.42 Å². The summed E-state index contributed by atoms with van der Waals surface area (Å²) in [7, 11) is -2.00. The van der Waals surface area contributed by atoms with Crippen molar-refractivity contribution in [2.75, 3.05) is 13.4 Å². The molecule has 0 fully saturated rings. The molecule has 35 heavy (non-hydrogen) atoms. The van der Waals surface area contributed by atoms with Crippen LogP contribution in [0.1, 0.15) is 29.2 Å². The molecule has 0 N–H and O–H groups in total. The van der Waals surface area contributed by atoms with Crippen molar-refractivity contribution >= 4 is 15.7 Å². The molecule has 1 atom stereocenters. The van der Waals surface area contributed by atoms with Gasteiger partial charge in [0.05, 0.1) is 36.5 Å². The summed E-state index contributed by atoms with van der Waals surface area (Å²) >= 11 is 0. The summed E-state index contributed by atoms with van der Waals surface area (Å²) in [6, 6.07) is 24.8. The molecule has 0 aliphatic carbocycles. The van der Waals surface area contributed by atoms with Gasteiger partial charge in [-0.25, -0.2) is 13.1 Å². The molecule has 0 saturated carbocycles. The van der Waals surface area contributed by atoms with E-state index in [2.05, 4.69) is 5.10 Å². The van der Waals surface area contributed by atoms with E-state index in [1.165, 1.54) is 10.7 Å². The third kappa shape index (κ3) is 4.57. The number of aryl methyl sites for hydroxylation is 1. The number of sulfonamides is 1. The van der Waals surface area contributed by atoms with Crippen LogP contribution in [-0.4, -0.2) is 41.7 Å². The van der Waals surface area contributed by atoms with Gasteiger partial charge in [-0.3, -0.25) is 0 Å². The van der Waals surface area contributed by atoms with Crippen molar-refractivity contribution in [1.82, 2.24) is 14.2 Å². The number of nitrogens with zero attached hydrogens (tertiary/aromatic N) is 4. The van der Waals surface area contributed by atoms with Gasteiger partial charge >= 0.3 is 0 Å². The van der Waals surface area contributed by atoms with Crippen molar-refractivity contribution in [2.24, 2.45) is 5.10 Å². The van der Waals surface area contributed by atoms with Gasteiger partial charge in [-0.15, -0.1) is 0 Å². The molecule has 0 unspecified atom stereocenters. The first kappa shape index (κ1) is 22.9. The number of aromatic nitrogens is 2. The van der Waals surface area contributed by atoms with Gasteiger partial charge in [0, 0.05) is 23.7 Å². The molecule has 1 aromatic heterocycles. The minimum atomic E-state index is -3.63. The summed E-state index contributed by atoms with van der Waals surface area (Å²) in [6.07, 6.45) is 3.54. The van der Waals surface area contributed by atoms with Gasteiger partial charge in [-0.2, -0.15) is 14.6 Å². The molecule has 1 aliphatic heterocycles. The zero-order valence-electron chi connectivity index (χ0n) is 19.8. The van der Waals surface area contributed by atoms with Gasteiger partial charge in [0.25, 0.3) is 0 Å². The molecule has 0 saturated heterocycles. The fourth-order valence-corrected chi connectivity index (χ4v) is 5.16. The van der Waals surface area contributed by atoms with Crippen molar-refractivity contribution in [3.05, 3.63) is 102 Å². The van der Waals surface area contributed by atoms with Crippen molar-refractivity contribution in [3.63, 3.8) is 0 Å². The Hall–Kier alpha value is -3.91. The van der Waals surface area contributed by atoms with Crippen LogP contribution < -0.4 is 4.74 Å². The first-order valence-electron chi connectivity index (χ1n) is 11.3. The normalized spacial score (nSPS) is 15.8. The van der Waals surface area contributed by atoms with E-state index >= 15 is 0 Å². The molecule has 5 rings (SSSR count). The van der Waals surface area contributed by atoms with Crippen LogP contribution in [0.3, 0.4) is 0 Å². The third-order valence-corrected chi connectivity index (χ3v) is 7.10. The van der Waals surface area contributed by atoms with Gasteiger partial charge < -0.3 is 4.74 Å². The van der Waals surface area contributed by atoms with Crippen molar-refractivity contribution in [2.45, 2.75) is 19.4 Å². The minimum absolute atomic E-state index is 0.444. The molecular weight excluding hydrogens is 460 g/mol. The van der Waals surface area contributed by atoms with E-state index in [4.69, 9.17) is 9.84 Å². The van der Waals surface area contributed by atoms with Gasteiger partial charge in [0.2, 0.25) is 10.0 Å². The van der Waals surface area contributed by atoms with E-state index in [1.807, 2.05) is 92.0 Å². The van der Waals surface area contributed by atoms with E-state index in [1.54, 1.807) is 11.8 Å². The first-order chi connectivity index (χ1) is 16.8. The fourth-order valence-electron chi connectivity index (χ4n) is 4.26. The summed E-state index contributed by atoms with van der Waals surface area (Å²) in [4.78, 5) is 0. The van der Waals surface area contributed by atoms with E-state index < -0.39 is 16.1 Å². The van der Waals surface area contributed by atoms with Crippen LogP contribution in [0.25, 0.3) is 16.9 Å². The molecule has 8 heteroatoms. The summed E-state index contributed by atoms with van der Waals surface area (Å²) in [6.45, 7) is 2.02. The van der Waals surface area contributed by atoms with E-state index in [0.717, 1.165) is 39.4 Å². The van der Waals surface area contributed by atoms with Crippen LogP contribution in [0.4, 0.5) is 0 Å². The zero-order valence-corrected chi connectivity index (χ0v) is 20.6. The predicted octanol–water partition coefficient (Wildman–Crippen LogP) is 4.97. The monoisotopic (exact) mass is 486 g/mol. The van der Waals surface area contributed by atoms with Gasteiger partial charge in [-0.05, 0) is 48.9 Å². The predicted molar refractivity (Wildman–Crippen MR) is 137 cm³/mol. The van der Waals surface area contributed by atoms with Crippen LogP contribution in [0.15, 0.2) is 90.2 Å². The highest BCUT2D eigenvalue weighted by molar-refractivity contribution is 7.88. The SMILES string of the molecule is COc1ccc(-c2nn(-c3ccccc3)cc2[C@@H]2CC(c3ccc(C)cc3)=NN2S(C)(=O)=O)cc1. The average molecular weight is 487 g/mol. The summed E-state index contributed by atoms with van der Waals surface area (Å²) in [5.74, 6) is 0.737.